The van der Waals surface area contributed by atoms with E-state index in [1.54, 1.807) is 18.2 Å². The Balaban J connectivity index is 2.22. The standard InChI is InChI=1S/C21H21Cl2FN2O4/c1-12(27)25-18(10-14-5-3-4-6-17(14)24)20(28)26-19(21(29)30-2)9-13-7-8-15(22)11-16(13)23/h3-8,11,18-19H,9-10H2,1-2H3,(H,25,27)(H,26,28)/t18-,19+/m0/s1. The van der Waals surface area contributed by atoms with Gasteiger partial charge >= 0.3 is 5.97 Å². The van der Waals surface area contributed by atoms with E-state index >= 15 is 0 Å². The fourth-order valence-electron chi connectivity index (χ4n) is 2.85. The number of carbonyl (C=O) groups is 3. The van der Waals surface area contributed by atoms with Crippen LogP contribution in [0.2, 0.25) is 10.0 Å². The summed E-state index contributed by atoms with van der Waals surface area (Å²) in [4.78, 5) is 36.6. The summed E-state index contributed by atoms with van der Waals surface area (Å²) in [6.07, 6.45) is -0.0470. The second kappa shape index (κ2) is 10.9. The topological polar surface area (TPSA) is 84.5 Å². The zero-order valence-corrected chi connectivity index (χ0v) is 17.9. The van der Waals surface area contributed by atoms with Gasteiger partial charge in [-0.25, -0.2) is 9.18 Å². The summed E-state index contributed by atoms with van der Waals surface area (Å²) in [6.45, 7) is 1.24. The van der Waals surface area contributed by atoms with Gasteiger partial charge in [-0.1, -0.05) is 47.5 Å². The second-order valence-electron chi connectivity index (χ2n) is 6.57. The van der Waals surface area contributed by atoms with E-state index in [2.05, 4.69) is 10.6 Å². The van der Waals surface area contributed by atoms with E-state index in [1.165, 1.54) is 38.3 Å². The molecule has 0 bridgehead atoms. The smallest absolute Gasteiger partial charge is 0.328 e. The molecular formula is C21H21Cl2FN2O4. The van der Waals surface area contributed by atoms with E-state index in [1.807, 2.05) is 0 Å². The first kappa shape index (κ1) is 23.6. The SMILES string of the molecule is COC(=O)[C@@H](Cc1ccc(Cl)cc1Cl)NC(=O)[C@H](Cc1ccccc1F)NC(C)=O. The van der Waals surface area contributed by atoms with Gasteiger partial charge in [0.1, 0.15) is 17.9 Å². The Morgan fingerprint density at radius 3 is 2.27 bits per heavy atom. The summed E-state index contributed by atoms with van der Waals surface area (Å²) in [6, 6.07) is 8.53. The van der Waals surface area contributed by atoms with Gasteiger partial charge in [0.25, 0.3) is 0 Å². The van der Waals surface area contributed by atoms with Crippen LogP contribution in [-0.2, 0) is 32.0 Å². The number of nitrogens with one attached hydrogen (secondary N) is 2. The van der Waals surface area contributed by atoms with Crippen LogP contribution in [0.3, 0.4) is 0 Å². The summed E-state index contributed by atoms with van der Waals surface area (Å²) in [5.74, 6) is -2.32. The van der Waals surface area contributed by atoms with E-state index in [-0.39, 0.29) is 18.4 Å². The normalized spacial score (nSPS) is 12.6. The average molecular weight is 455 g/mol. The molecule has 2 atom stereocenters. The van der Waals surface area contributed by atoms with Crippen molar-refractivity contribution >= 4 is 41.0 Å². The molecule has 0 saturated heterocycles. The second-order valence-corrected chi connectivity index (χ2v) is 7.42. The Kier molecular flexibility index (Phi) is 8.62. The van der Waals surface area contributed by atoms with Crippen molar-refractivity contribution in [1.82, 2.24) is 10.6 Å². The van der Waals surface area contributed by atoms with E-state index in [0.717, 1.165) is 0 Å². The molecule has 2 amide bonds. The van der Waals surface area contributed by atoms with Gasteiger partial charge in [0.05, 0.1) is 7.11 Å². The summed E-state index contributed by atoms with van der Waals surface area (Å²) >= 11 is 12.1. The molecule has 2 N–H and O–H groups in total. The molecule has 0 aromatic heterocycles. The third-order valence-electron chi connectivity index (χ3n) is 4.32. The van der Waals surface area contributed by atoms with Crippen LogP contribution in [-0.4, -0.2) is 37.0 Å². The molecule has 30 heavy (non-hydrogen) atoms. The molecule has 160 valence electrons. The highest BCUT2D eigenvalue weighted by Gasteiger charge is 2.28. The lowest BCUT2D eigenvalue weighted by Gasteiger charge is -2.22. The van der Waals surface area contributed by atoms with Gasteiger partial charge in [-0.05, 0) is 29.3 Å². The molecule has 2 rings (SSSR count). The number of esters is 1. The molecule has 9 heteroatoms. The van der Waals surface area contributed by atoms with E-state index in [9.17, 15) is 18.8 Å². The number of amides is 2. The predicted octanol–water partition coefficient (Wildman–Crippen LogP) is 3.08. The van der Waals surface area contributed by atoms with Gasteiger partial charge in [-0.3, -0.25) is 9.59 Å². The number of hydrogen-bond donors (Lipinski definition) is 2. The van der Waals surface area contributed by atoms with Crippen LogP contribution >= 0.6 is 23.2 Å². The van der Waals surface area contributed by atoms with E-state index < -0.39 is 35.7 Å². The molecule has 0 fully saturated rings. The minimum Gasteiger partial charge on any atom is -0.467 e. The van der Waals surface area contributed by atoms with Gasteiger partial charge in [0.15, 0.2) is 0 Å². The first-order valence-electron chi connectivity index (χ1n) is 9.04. The fourth-order valence-corrected chi connectivity index (χ4v) is 3.34. The Morgan fingerprint density at radius 2 is 1.67 bits per heavy atom. The minimum absolute atomic E-state index is 0.0426. The highest BCUT2D eigenvalue weighted by Crippen LogP contribution is 2.22. The first-order valence-corrected chi connectivity index (χ1v) is 9.79. The van der Waals surface area contributed by atoms with Crippen LogP contribution in [0, 0.1) is 5.82 Å². The maximum Gasteiger partial charge on any atom is 0.328 e. The molecular weight excluding hydrogens is 434 g/mol. The maximum absolute atomic E-state index is 14.0. The lowest BCUT2D eigenvalue weighted by Crippen LogP contribution is -2.53. The molecule has 0 spiro atoms. The number of ether oxygens (including phenoxy) is 1. The van der Waals surface area contributed by atoms with Crippen molar-refractivity contribution < 1.29 is 23.5 Å². The minimum atomic E-state index is -1.09. The number of methoxy groups -OCH3 is 1. The lowest BCUT2D eigenvalue weighted by molar-refractivity contribution is -0.145. The highest BCUT2D eigenvalue weighted by molar-refractivity contribution is 6.35. The van der Waals surface area contributed by atoms with Crippen LogP contribution in [0.25, 0.3) is 0 Å². The van der Waals surface area contributed by atoms with Crippen LogP contribution in [0.5, 0.6) is 0 Å². The molecule has 6 nitrogen and oxygen atoms in total. The number of halogens is 3. The Labute approximate surface area is 183 Å². The Morgan fingerprint density at radius 1 is 1.00 bits per heavy atom. The van der Waals surface area contributed by atoms with Gasteiger partial charge in [-0.2, -0.15) is 0 Å². The van der Waals surface area contributed by atoms with Gasteiger partial charge < -0.3 is 15.4 Å². The molecule has 0 aliphatic heterocycles. The zero-order chi connectivity index (χ0) is 22.3. The predicted molar refractivity (Wildman–Crippen MR) is 112 cm³/mol. The number of carbonyl (C=O) groups excluding carboxylic acids is 3. The summed E-state index contributed by atoms with van der Waals surface area (Å²) in [5, 5.41) is 5.81. The lowest BCUT2D eigenvalue weighted by atomic mass is 10.0. The average Bonchev–Trinajstić information content (AvgIpc) is 2.69. The Hall–Kier alpha value is -2.64. The zero-order valence-electron chi connectivity index (χ0n) is 16.4. The molecule has 0 saturated carbocycles. The molecule has 0 aliphatic rings. The van der Waals surface area contributed by atoms with E-state index in [0.29, 0.717) is 15.6 Å². The van der Waals surface area contributed by atoms with Gasteiger partial charge in [0.2, 0.25) is 11.8 Å². The molecule has 2 aromatic rings. The maximum atomic E-state index is 14.0. The number of hydrogen-bond acceptors (Lipinski definition) is 4. The molecule has 0 radical (unpaired) electrons. The van der Waals surface area contributed by atoms with Crippen LogP contribution in [0.15, 0.2) is 42.5 Å². The highest BCUT2D eigenvalue weighted by atomic mass is 35.5. The van der Waals surface area contributed by atoms with Crippen LogP contribution < -0.4 is 10.6 Å². The Bertz CT molecular complexity index is 939. The number of benzene rings is 2. The van der Waals surface area contributed by atoms with Crippen molar-refractivity contribution in [3.63, 3.8) is 0 Å². The van der Waals surface area contributed by atoms with Crippen molar-refractivity contribution in [3.05, 3.63) is 69.5 Å². The van der Waals surface area contributed by atoms with Crippen molar-refractivity contribution in [2.75, 3.05) is 7.11 Å². The molecule has 2 aromatic carbocycles. The summed E-state index contributed by atoms with van der Waals surface area (Å²) in [7, 11) is 1.19. The third-order valence-corrected chi connectivity index (χ3v) is 4.90. The van der Waals surface area contributed by atoms with Crippen molar-refractivity contribution in [2.45, 2.75) is 31.8 Å². The number of rotatable bonds is 8. The van der Waals surface area contributed by atoms with Crippen LogP contribution in [0.4, 0.5) is 4.39 Å². The quantitative estimate of drug-likeness (QED) is 0.600. The van der Waals surface area contributed by atoms with Crippen LogP contribution in [0.1, 0.15) is 18.1 Å². The first-order chi connectivity index (χ1) is 14.2. The van der Waals surface area contributed by atoms with E-state index in [4.69, 9.17) is 27.9 Å². The monoisotopic (exact) mass is 454 g/mol. The summed E-state index contributed by atoms with van der Waals surface area (Å²) < 4.78 is 18.8. The van der Waals surface area contributed by atoms with Gasteiger partial charge in [-0.15, -0.1) is 0 Å². The molecule has 0 heterocycles. The fraction of sp³-hybridized carbons (Fsp3) is 0.286. The molecule has 0 aliphatic carbocycles. The third kappa shape index (κ3) is 6.71. The van der Waals surface area contributed by atoms with Crippen molar-refractivity contribution in [1.29, 1.82) is 0 Å². The van der Waals surface area contributed by atoms with Gasteiger partial charge in [0, 0.05) is 29.8 Å². The molecule has 0 unspecified atom stereocenters. The summed E-state index contributed by atoms with van der Waals surface area (Å²) in [5.41, 5.74) is 0.823. The largest absolute Gasteiger partial charge is 0.467 e. The van der Waals surface area contributed by atoms with Crippen molar-refractivity contribution in [3.8, 4) is 0 Å². The van der Waals surface area contributed by atoms with Crippen molar-refractivity contribution in [2.24, 2.45) is 0 Å².